The van der Waals surface area contributed by atoms with Crippen molar-refractivity contribution in [3.8, 4) is 17.4 Å². The first-order valence-electron chi connectivity index (χ1n) is 8.38. The number of ether oxygens (including phenoxy) is 2. The van der Waals surface area contributed by atoms with Gasteiger partial charge in [-0.1, -0.05) is 0 Å². The smallest absolute Gasteiger partial charge is 0.247 e. The number of aliphatic hydroxyl groups is 1. The number of aliphatic hydroxyl groups excluding tert-OH is 1. The molecular weight excluding hydrogens is 334 g/mol. The Morgan fingerprint density at radius 1 is 1.35 bits per heavy atom. The molecule has 26 heavy (non-hydrogen) atoms. The molecule has 0 spiro atoms. The molecule has 4 rings (SSSR count). The molecule has 0 saturated heterocycles. The van der Waals surface area contributed by atoms with Crippen LogP contribution in [0.4, 0.5) is 0 Å². The van der Waals surface area contributed by atoms with Crippen molar-refractivity contribution in [1.29, 1.82) is 0 Å². The van der Waals surface area contributed by atoms with Gasteiger partial charge in [0, 0.05) is 10.8 Å². The zero-order valence-electron chi connectivity index (χ0n) is 14.7. The lowest BCUT2D eigenvalue weighted by atomic mass is 10.3. The first-order valence-corrected chi connectivity index (χ1v) is 8.38. The molecule has 3 aromatic rings. The van der Waals surface area contributed by atoms with Crippen LogP contribution in [0.5, 0.6) is 17.4 Å². The van der Waals surface area contributed by atoms with Crippen molar-refractivity contribution in [2.75, 3.05) is 6.61 Å². The van der Waals surface area contributed by atoms with Crippen molar-refractivity contribution >= 4 is 11.6 Å². The van der Waals surface area contributed by atoms with Gasteiger partial charge in [-0.3, -0.25) is 4.99 Å². The maximum Gasteiger partial charge on any atom is 0.247 e. The summed E-state index contributed by atoms with van der Waals surface area (Å²) >= 11 is 0. The number of aryl methyl sites for hydroxylation is 1. The SMILES string of the molecule is Cc1c(OCC(C)O)cn2ncnc(Oc3cnc4c(c3)=CC(C)N=4)c12. The van der Waals surface area contributed by atoms with Crippen LogP contribution in [0.3, 0.4) is 0 Å². The van der Waals surface area contributed by atoms with Crippen molar-refractivity contribution < 1.29 is 14.6 Å². The molecule has 8 nitrogen and oxygen atoms in total. The molecule has 4 heterocycles. The van der Waals surface area contributed by atoms with Crippen LogP contribution >= 0.6 is 0 Å². The standard InChI is InChI=1S/C18H19N5O3/c1-10-4-13-5-14(6-19-17(13)22-10)26-18-16-12(3)15(25-8-11(2)24)7-23(16)21-9-20-18/h4-7,9-11,24H,8H2,1-3H3. The molecule has 0 radical (unpaired) electrons. The highest BCUT2D eigenvalue weighted by Gasteiger charge is 2.16. The van der Waals surface area contributed by atoms with Crippen molar-refractivity contribution in [2.45, 2.75) is 32.9 Å². The summed E-state index contributed by atoms with van der Waals surface area (Å²) in [4.78, 5) is 13.0. The van der Waals surface area contributed by atoms with Crippen LogP contribution in [0.1, 0.15) is 19.4 Å². The summed E-state index contributed by atoms with van der Waals surface area (Å²) in [6.45, 7) is 5.78. The number of pyridine rings is 1. The molecule has 0 fully saturated rings. The third-order valence-electron chi connectivity index (χ3n) is 4.06. The summed E-state index contributed by atoms with van der Waals surface area (Å²) in [6.07, 6.45) is 6.29. The zero-order chi connectivity index (χ0) is 18.3. The van der Waals surface area contributed by atoms with E-state index in [1.807, 2.05) is 26.0 Å². The number of fused-ring (bicyclic) bond motifs is 2. The van der Waals surface area contributed by atoms with Crippen LogP contribution in [0.15, 0.2) is 29.8 Å². The highest BCUT2D eigenvalue weighted by Crippen LogP contribution is 2.31. The predicted molar refractivity (Wildman–Crippen MR) is 93.9 cm³/mol. The Kier molecular flexibility index (Phi) is 4.04. The average molecular weight is 353 g/mol. The number of aromatic nitrogens is 4. The molecule has 1 aliphatic rings. The Bertz CT molecular complexity index is 1090. The van der Waals surface area contributed by atoms with Gasteiger partial charge in [0.25, 0.3) is 0 Å². The Hall–Kier alpha value is -3.00. The second-order valence-corrected chi connectivity index (χ2v) is 6.36. The van der Waals surface area contributed by atoms with Crippen LogP contribution in [0.25, 0.3) is 11.6 Å². The third-order valence-corrected chi connectivity index (χ3v) is 4.06. The summed E-state index contributed by atoms with van der Waals surface area (Å²) in [6, 6.07) is 2.02. The van der Waals surface area contributed by atoms with E-state index in [0.29, 0.717) is 22.9 Å². The number of hydrogen-bond donors (Lipinski definition) is 1. The molecule has 2 unspecified atom stereocenters. The van der Waals surface area contributed by atoms with Crippen LogP contribution < -0.4 is 20.2 Å². The number of hydrogen-bond acceptors (Lipinski definition) is 7. The van der Waals surface area contributed by atoms with Gasteiger partial charge in [0.05, 0.1) is 24.5 Å². The van der Waals surface area contributed by atoms with E-state index < -0.39 is 6.10 Å². The van der Waals surface area contributed by atoms with Crippen molar-refractivity contribution in [3.05, 3.63) is 41.1 Å². The van der Waals surface area contributed by atoms with E-state index in [4.69, 9.17) is 9.47 Å². The Morgan fingerprint density at radius 3 is 3.00 bits per heavy atom. The molecule has 0 amide bonds. The van der Waals surface area contributed by atoms with Crippen molar-refractivity contribution in [2.24, 2.45) is 4.99 Å². The second kappa shape index (κ2) is 6.38. The fourth-order valence-electron chi connectivity index (χ4n) is 2.88. The van der Waals surface area contributed by atoms with E-state index in [1.165, 1.54) is 6.33 Å². The van der Waals surface area contributed by atoms with Crippen molar-refractivity contribution in [1.82, 2.24) is 19.6 Å². The van der Waals surface area contributed by atoms with Crippen LogP contribution in [-0.2, 0) is 0 Å². The lowest BCUT2D eigenvalue weighted by Gasteiger charge is -2.07. The summed E-state index contributed by atoms with van der Waals surface area (Å²) < 4.78 is 13.3. The first kappa shape index (κ1) is 16.5. The fraction of sp³-hybridized carbons (Fsp3) is 0.333. The maximum absolute atomic E-state index is 9.42. The molecule has 0 aromatic carbocycles. The van der Waals surface area contributed by atoms with E-state index >= 15 is 0 Å². The van der Waals surface area contributed by atoms with E-state index in [-0.39, 0.29) is 12.6 Å². The molecule has 2 atom stereocenters. The fourth-order valence-corrected chi connectivity index (χ4v) is 2.88. The van der Waals surface area contributed by atoms with Gasteiger partial charge in [-0.15, -0.1) is 0 Å². The summed E-state index contributed by atoms with van der Waals surface area (Å²) in [5.41, 5.74) is 2.27. The van der Waals surface area contributed by atoms with E-state index in [2.05, 4.69) is 20.1 Å². The second-order valence-electron chi connectivity index (χ2n) is 6.36. The van der Waals surface area contributed by atoms with Gasteiger partial charge in [0.15, 0.2) is 5.49 Å². The monoisotopic (exact) mass is 353 g/mol. The van der Waals surface area contributed by atoms with Gasteiger partial charge in [0.1, 0.15) is 29.9 Å². The minimum absolute atomic E-state index is 0.125. The lowest BCUT2D eigenvalue weighted by Crippen LogP contribution is -2.24. The van der Waals surface area contributed by atoms with Gasteiger partial charge >= 0.3 is 0 Å². The van der Waals surface area contributed by atoms with Crippen LogP contribution in [0.2, 0.25) is 0 Å². The lowest BCUT2D eigenvalue weighted by molar-refractivity contribution is 0.122. The van der Waals surface area contributed by atoms with E-state index in [0.717, 1.165) is 16.3 Å². The van der Waals surface area contributed by atoms with Gasteiger partial charge in [-0.05, 0) is 32.9 Å². The molecular formula is C18H19N5O3. The minimum Gasteiger partial charge on any atom is -0.489 e. The molecule has 3 aromatic heterocycles. The highest BCUT2D eigenvalue weighted by molar-refractivity contribution is 5.67. The van der Waals surface area contributed by atoms with Crippen LogP contribution in [-0.4, -0.2) is 43.4 Å². The number of rotatable bonds is 5. The predicted octanol–water partition coefficient (Wildman–Crippen LogP) is 0.787. The normalized spacial score (nSPS) is 16.7. The Morgan fingerprint density at radius 2 is 2.19 bits per heavy atom. The molecule has 0 bridgehead atoms. The molecule has 0 saturated carbocycles. The highest BCUT2D eigenvalue weighted by atomic mass is 16.5. The molecule has 1 aliphatic heterocycles. The van der Waals surface area contributed by atoms with Crippen molar-refractivity contribution in [3.63, 3.8) is 0 Å². The average Bonchev–Trinajstić information content (AvgIpc) is 3.12. The van der Waals surface area contributed by atoms with Gasteiger partial charge in [-0.2, -0.15) is 10.1 Å². The zero-order valence-corrected chi connectivity index (χ0v) is 14.7. The topological polar surface area (TPSA) is 94.1 Å². The Labute approximate surface area is 149 Å². The molecule has 134 valence electrons. The maximum atomic E-state index is 9.42. The van der Waals surface area contributed by atoms with E-state index in [1.54, 1.807) is 23.8 Å². The summed E-state index contributed by atoms with van der Waals surface area (Å²) in [5, 5.41) is 14.6. The van der Waals surface area contributed by atoms with E-state index in [9.17, 15) is 5.11 Å². The summed E-state index contributed by atoms with van der Waals surface area (Å²) in [7, 11) is 0. The number of nitrogens with zero attached hydrogens (tertiary/aromatic N) is 5. The molecule has 8 heteroatoms. The summed E-state index contributed by atoms with van der Waals surface area (Å²) in [5.74, 6) is 1.62. The van der Waals surface area contributed by atoms with Crippen LogP contribution in [0, 0.1) is 6.92 Å². The largest absolute Gasteiger partial charge is 0.489 e. The minimum atomic E-state index is -0.555. The molecule has 0 aliphatic carbocycles. The van der Waals surface area contributed by atoms with Gasteiger partial charge in [-0.25, -0.2) is 9.50 Å². The van der Waals surface area contributed by atoms with Gasteiger partial charge < -0.3 is 14.6 Å². The van der Waals surface area contributed by atoms with Gasteiger partial charge in [0.2, 0.25) is 5.88 Å². The molecule has 1 N–H and O–H groups in total. The Balaban J connectivity index is 1.70. The third kappa shape index (κ3) is 2.99. The first-order chi connectivity index (χ1) is 12.5. The quantitative estimate of drug-likeness (QED) is 0.729.